The Bertz CT molecular complexity index is 1100. The van der Waals surface area contributed by atoms with Gasteiger partial charge in [0.25, 0.3) is 11.5 Å². The van der Waals surface area contributed by atoms with Crippen molar-refractivity contribution >= 4 is 23.3 Å². The molecule has 0 spiro atoms. The number of nitrogens with zero attached hydrogens (tertiary/aromatic N) is 3. The Kier molecular flexibility index (Phi) is 6.50. The molecule has 0 aliphatic carbocycles. The van der Waals surface area contributed by atoms with Gasteiger partial charge in [0.05, 0.1) is 23.8 Å². The van der Waals surface area contributed by atoms with E-state index in [9.17, 15) is 24.3 Å². The summed E-state index contributed by atoms with van der Waals surface area (Å²) in [6.07, 6.45) is 1.16. The van der Waals surface area contributed by atoms with Gasteiger partial charge in [-0.05, 0) is 25.5 Å². The minimum Gasteiger partial charge on any atom is -0.481 e. The number of carboxylic acids is 1. The van der Waals surface area contributed by atoms with Gasteiger partial charge in [-0.25, -0.2) is 9.79 Å². The normalized spacial score (nSPS) is 21.7. The number of H-pyrrole nitrogens is 1. The van der Waals surface area contributed by atoms with Crippen LogP contribution in [0.5, 0.6) is 0 Å². The van der Waals surface area contributed by atoms with Crippen LogP contribution in [0.4, 0.5) is 5.69 Å². The molecule has 1 fully saturated rings. The molecule has 3 N–H and O–H groups in total. The molecule has 3 rings (SSSR count). The summed E-state index contributed by atoms with van der Waals surface area (Å²) < 4.78 is 1.20. The average Bonchev–Trinajstić information content (AvgIpc) is 2.72. The third kappa shape index (κ3) is 5.34. The number of likely N-dealkylation sites (tertiary alicyclic amines) is 1. The summed E-state index contributed by atoms with van der Waals surface area (Å²) in [5.41, 5.74) is -1.93. The van der Waals surface area contributed by atoms with E-state index in [-0.39, 0.29) is 38.1 Å². The van der Waals surface area contributed by atoms with Crippen LogP contribution in [0.1, 0.15) is 32.2 Å². The van der Waals surface area contributed by atoms with Crippen LogP contribution in [0.2, 0.25) is 0 Å². The Hall–Kier alpha value is -3.53. The molecule has 0 unspecified atom stereocenters. The van der Waals surface area contributed by atoms with Crippen LogP contribution in [-0.2, 0) is 9.59 Å². The summed E-state index contributed by atoms with van der Waals surface area (Å²) in [7, 11) is 0. The Morgan fingerprint density at radius 3 is 2.55 bits per heavy atom. The molecule has 2 heterocycles. The number of hydrogen-bond donors (Lipinski definition) is 3. The van der Waals surface area contributed by atoms with Crippen molar-refractivity contribution < 1.29 is 19.8 Å². The molecule has 164 valence electrons. The predicted octanol–water partition coefficient (Wildman–Crippen LogP) is 0.698. The van der Waals surface area contributed by atoms with Crippen LogP contribution in [0, 0.1) is 0 Å². The summed E-state index contributed by atoms with van der Waals surface area (Å²) in [6, 6.07) is 9.11. The maximum Gasteiger partial charge on any atom is 0.328 e. The van der Waals surface area contributed by atoms with Crippen molar-refractivity contribution in [2.24, 2.45) is 4.99 Å². The number of aliphatic carboxylic acids is 1. The second kappa shape index (κ2) is 9.09. The Morgan fingerprint density at radius 1 is 1.19 bits per heavy atom. The highest BCUT2D eigenvalue weighted by Crippen LogP contribution is 2.31. The Balaban J connectivity index is 1.90. The first-order valence-electron chi connectivity index (χ1n) is 9.85. The van der Waals surface area contributed by atoms with Crippen molar-refractivity contribution in [1.29, 1.82) is 0 Å². The molecule has 1 aromatic heterocycles. The van der Waals surface area contributed by atoms with Crippen molar-refractivity contribution in [2.75, 3.05) is 13.1 Å². The highest BCUT2D eigenvalue weighted by molar-refractivity contribution is 6.39. The molecule has 1 saturated heterocycles. The molecule has 0 radical (unpaired) electrons. The maximum atomic E-state index is 13.2. The highest BCUT2D eigenvalue weighted by atomic mass is 16.4. The second-order valence-corrected chi connectivity index (χ2v) is 7.68. The van der Waals surface area contributed by atoms with Crippen molar-refractivity contribution in [1.82, 2.24) is 14.5 Å². The van der Waals surface area contributed by atoms with Crippen molar-refractivity contribution in [3.8, 4) is 0 Å². The molecule has 1 aliphatic heterocycles. The summed E-state index contributed by atoms with van der Waals surface area (Å²) in [5, 5.41) is 19.9. The van der Waals surface area contributed by atoms with Gasteiger partial charge in [-0.1, -0.05) is 18.2 Å². The third-order valence-corrected chi connectivity index (χ3v) is 5.32. The first kappa shape index (κ1) is 22.2. The Morgan fingerprint density at radius 2 is 1.90 bits per heavy atom. The first-order valence-corrected chi connectivity index (χ1v) is 9.85. The van der Waals surface area contributed by atoms with Crippen LogP contribution in [0.25, 0.3) is 0 Å². The summed E-state index contributed by atoms with van der Waals surface area (Å²) in [4.78, 5) is 55.9. The van der Waals surface area contributed by atoms with Crippen LogP contribution >= 0.6 is 0 Å². The predicted molar refractivity (Wildman–Crippen MR) is 113 cm³/mol. The van der Waals surface area contributed by atoms with E-state index in [1.54, 1.807) is 37.3 Å². The number of hydrogen-bond acceptors (Lipinski definition) is 6. The lowest BCUT2D eigenvalue weighted by Crippen LogP contribution is -2.56. The van der Waals surface area contributed by atoms with E-state index in [1.165, 1.54) is 21.7 Å². The lowest BCUT2D eigenvalue weighted by molar-refractivity contribution is -0.136. The number of piperidine rings is 1. The molecule has 1 aromatic carbocycles. The molecule has 0 saturated carbocycles. The zero-order chi connectivity index (χ0) is 22.6. The molecule has 1 aliphatic rings. The standard InChI is InChI=1S/C21H24N4O6/c1-21(31)10-12-24(13-16(21)25-11-9-17(26)23-20(25)30)19(29)15(7-8-18(27)28)22-14-5-3-2-4-6-14/h2-6,9,11,16,31H,7-8,10,12-13H2,1H3,(H,27,28)(H,23,26,30)/t16-,21-/m1/s1. The van der Waals surface area contributed by atoms with Crippen molar-refractivity contribution in [3.63, 3.8) is 0 Å². The number of benzene rings is 1. The minimum absolute atomic E-state index is 0.00132. The fraction of sp³-hybridized carbons (Fsp3) is 0.381. The molecule has 10 nitrogen and oxygen atoms in total. The molecule has 1 amide bonds. The van der Waals surface area contributed by atoms with Gasteiger partial charge in [0.1, 0.15) is 5.71 Å². The van der Waals surface area contributed by atoms with Crippen LogP contribution in [0.3, 0.4) is 0 Å². The number of carboxylic acid groups (broad SMARTS) is 1. The molecule has 10 heteroatoms. The number of amides is 1. The number of aliphatic hydroxyl groups is 1. The van der Waals surface area contributed by atoms with Gasteiger partial charge in [0.2, 0.25) is 0 Å². The average molecular weight is 428 g/mol. The monoisotopic (exact) mass is 428 g/mol. The van der Waals surface area contributed by atoms with Crippen molar-refractivity contribution in [3.05, 3.63) is 63.4 Å². The van der Waals surface area contributed by atoms with Gasteiger partial charge in [0.15, 0.2) is 0 Å². The van der Waals surface area contributed by atoms with Gasteiger partial charge in [-0.3, -0.25) is 23.9 Å². The summed E-state index contributed by atoms with van der Waals surface area (Å²) in [6.45, 7) is 1.78. The van der Waals surface area contributed by atoms with Gasteiger partial charge in [-0.2, -0.15) is 0 Å². The SMILES string of the molecule is C[C@@]1(O)CCN(C(=O)C(CCC(=O)O)=Nc2ccccc2)C[C@H]1n1ccc(=O)[nH]c1=O. The maximum absolute atomic E-state index is 13.2. The number of aromatic amines is 1. The number of carbonyl (C=O) groups is 2. The third-order valence-electron chi connectivity index (χ3n) is 5.32. The van der Waals surface area contributed by atoms with Gasteiger partial charge in [0, 0.05) is 31.8 Å². The lowest BCUT2D eigenvalue weighted by atomic mass is 9.87. The van der Waals surface area contributed by atoms with E-state index in [0.717, 1.165) is 0 Å². The first-order chi connectivity index (χ1) is 14.7. The molecular formula is C21H24N4O6. The van der Waals surface area contributed by atoms with E-state index < -0.39 is 34.8 Å². The number of aromatic nitrogens is 2. The van der Waals surface area contributed by atoms with E-state index in [1.807, 2.05) is 0 Å². The van der Waals surface area contributed by atoms with E-state index in [2.05, 4.69) is 9.98 Å². The van der Waals surface area contributed by atoms with E-state index in [4.69, 9.17) is 5.11 Å². The molecular weight excluding hydrogens is 404 g/mol. The Labute approximate surface area is 177 Å². The number of carbonyl (C=O) groups excluding carboxylic acids is 1. The van der Waals surface area contributed by atoms with E-state index >= 15 is 0 Å². The number of rotatable bonds is 6. The van der Waals surface area contributed by atoms with Gasteiger partial charge in [-0.15, -0.1) is 0 Å². The summed E-state index contributed by atoms with van der Waals surface area (Å²) >= 11 is 0. The molecule has 31 heavy (non-hydrogen) atoms. The number of nitrogens with one attached hydrogen (secondary N) is 1. The zero-order valence-corrected chi connectivity index (χ0v) is 17.0. The van der Waals surface area contributed by atoms with Crippen LogP contribution in [0.15, 0.2) is 57.2 Å². The molecule has 2 aromatic rings. The fourth-order valence-corrected chi connectivity index (χ4v) is 3.55. The van der Waals surface area contributed by atoms with E-state index in [0.29, 0.717) is 5.69 Å². The lowest BCUT2D eigenvalue weighted by Gasteiger charge is -2.43. The quantitative estimate of drug-likeness (QED) is 0.578. The number of para-hydroxylation sites is 1. The van der Waals surface area contributed by atoms with Gasteiger partial charge < -0.3 is 15.1 Å². The van der Waals surface area contributed by atoms with Crippen molar-refractivity contribution in [2.45, 2.75) is 37.8 Å². The second-order valence-electron chi connectivity index (χ2n) is 7.68. The van der Waals surface area contributed by atoms with Crippen LogP contribution in [-0.4, -0.2) is 60.9 Å². The smallest absolute Gasteiger partial charge is 0.328 e. The molecule has 0 bridgehead atoms. The highest BCUT2D eigenvalue weighted by Gasteiger charge is 2.41. The number of aliphatic imine (C=N–C) groups is 1. The van der Waals surface area contributed by atoms with Crippen LogP contribution < -0.4 is 11.2 Å². The molecule has 2 atom stereocenters. The summed E-state index contributed by atoms with van der Waals surface area (Å²) in [5.74, 6) is -1.50. The zero-order valence-electron chi connectivity index (χ0n) is 17.0. The van der Waals surface area contributed by atoms with Gasteiger partial charge >= 0.3 is 11.7 Å². The topological polar surface area (TPSA) is 145 Å². The fourth-order valence-electron chi connectivity index (χ4n) is 3.55. The largest absolute Gasteiger partial charge is 0.481 e. The minimum atomic E-state index is -1.29.